The second-order valence-corrected chi connectivity index (χ2v) is 19.9. The molecule has 2 heteroatoms. The molecule has 15 rings (SSSR count). The summed E-state index contributed by atoms with van der Waals surface area (Å²) in [5, 5.41) is 4.65. The monoisotopic (exact) mass is 891 g/mol. The second-order valence-electron chi connectivity index (χ2n) is 19.9. The van der Waals surface area contributed by atoms with E-state index in [-0.39, 0.29) is 5.41 Å². The zero-order chi connectivity index (χ0) is 46.3. The van der Waals surface area contributed by atoms with Crippen molar-refractivity contribution in [3.8, 4) is 55.6 Å². The van der Waals surface area contributed by atoms with Gasteiger partial charge in [0.05, 0.1) is 5.41 Å². The Hall–Kier alpha value is -8.72. The average molecular weight is 892 g/mol. The second kappa shape index (κ2) is 14.4. The van der Waals surface area contributed by atoms with Crippen molar-refractivity contribution in [3.63, 3.8) is 0 Å². The lowest BCUT2D eigenvalue weighted by atomic mass is 9.70. The third-order valence-electron chi connectivity index (χ3n) is 16.1. The number of nitrogens with zero attached hydrogens (tertiary/aromatic N) is 1. The van der Waals surface area contributed by atoms with E-state index in [2.05, 4.69) is 249 Å². The van der Waals surface area contributed by atoms with Gasteiger partial charge >= 0.3 is 0 Å². The molecule has 12 aromatic rings. The van der Waals surface area contributed by atoms with Crippen molar-refractivity contribution in [1.82, 2.24) is 0 Å². The number of rotatable bonds is 5. The van der Waals surface area contributed by atoms with E-state index < -0.39 is 5.41 Å². The van der Waals surface area contributed by atoms with Gasteiger partial charge in [-0.05, 0) is 131 Å². The number of benzene rings is 11. The Kier molecular flexibility index (Phi) is 8.08. The SMILES string of the molecule is CC1(C)c2ccccc2-c2ccc(N(c3ccc(-c4ccc5ccccc5c4-c4cccc5c4oc4ccccc45)cc3)c3ccc4c(c3)C3(c5ccccc5-c5ccccc53)c3ccccc3-4)cc21. The predicted molar refractivity (Wildman–Crippen MR) is 291 cm³/mol. The molecule has 3 aliphatic carbocycles. The Morgan fingerprint density at radius 2 is 0.800 bits per heavy atom. The van der Waals surface area contributed by atoms with Crippen molar-refractivity contribution in [2.75, 3.05) is 4.90 Å². The van der Waals surface area contributed by atoms with Gasteiger partial charge in [0, 0.05) is 44.4 Å². The van der Waals surface area contributed by atoms with Crippen LogP contribution in [0.4, 0.5) is 17.1 Å². The molecule has 0 atom stereocenters. The van der Waals surface area contributed by atoms with E-state index in [9.17, 15) is 0 Å². The van der Waals surface area contributed by atoms with E-state index in [0.717, 1.165) is 55.7 Å². The number of anilines is 3. The smallest absolute Gasteiger partial charge is 0.143 e. The molecule has 2 nitrogen and oxygen atoms in total. The van der Waals surface area contributed by atoms with Gasteiger partial charge in [0.15, 0.2) is 0 Å². The van der Waals surface area contributed by atoms with Crippen molar-refractivity contribution >= 4 is 49.8 Å². The van der Waals surface area contributed by atoms with Crippen molar-refractivity contribution in [1.29, 1.82) is 0 Å². The normalized spacial score (nSPS) is 14.1. The third-order valence-corrected chi connectivity index (χ3v) is 16.1. The quantitative estimate of drug-likeness (QED) is 0.171. The Morgan fingerprint density at radius 3 is 1.47 bits per heavy atom. The molecule has 0 saturated carbocycles. The topological polar surface area (TPSA) is 16.4 Å². The highest BCUT2D eigenvalue weighted by atomic mass is 16.3. The molecule has 0 unspecified atom stereocenters. The molecule has 1 aromatic heterocycles. The Morgan fingerprint density at radius 1 is 0.329 bits per heavy atom. The number of fused-ring (bicyclic) bond motifs is 17. The summed E-state index contributed by atoms with van der Waals surface area (Å²) in [6, 6.07) is 88.0. The fourth-order valence-corrected chi connectivity index (χ4v) is 13.0. The molecule has 0 amide bonds. The molecule has 0 saturated heterocycles. The van der Waals surface area contributed by atoms with Crippen LogP contribution >= 0.6 is 0 Å². The summed E-state index contributed by atoms with van der Waals surface area (Å²) in [6.07, 6.45) is 0. The third kappa shape index (κ3) is 5.23. The number of hydrogen-bond acceptors (Lipinski definition) is 2. The lowest BCUT2D eigenvalue weighted by Gasteiger charge is -2.32. The van der Waals surface area contributed by atoms with Crippen LogP contribution in [0.15, 0.2) is 241 Å². The van der Waals surface area contributed by atoms with Gasteiger partial charge in [-0.1, -0.05) is 208 Å². The first-order valence-electron chi connectivity index (χ1n) is 24.5. The van der Waals surface area contributed by atoms with Crippen LogP contribution in [-0.4, -0.2) is 0 Å². The zero-order valence-corrected chi connectivity index (χ0v) is 38.9. The Balaban J connectivity index is 0.942. The summed E-state index contributed by atoms with van der Waals surface area (Å²) in [4.78, 5) is 2.49. The van der Waals surface area contributed by atoms with Crippen LogP contribution in [0.25, 0.3) is 88.3 Å². The van der Waals surface area contributed by atoms with Crippen molar-refractivity contribution in [3.05, 3.63) is 270 Å². The maximum Gasteiger partial charge on any atom is 0.143 e. The molecule has 328 valence electrons. The van der Waals surface area contributed by atoms with Gasteiger partial charge < -0.3 is 9.32 Å². The van der Waals surface area contributed by atoms with Gasteiger partial charge in [-0.15, -0.1) is 0 Å². The minimum absolute atomic E-state index is 0.159. The van der Waals surface area contributed by atoms with Gasteiger partial charge in [-0.2, -0.15) is 0 Å². The summed E-state index contributed by atoms with van der Waals surface area (Å²) in [6.45, 7) is 4.75. The fraction of sp³-hybridized carbons (Fsp3) is 0.0588. The van der Waals surface area contributed by atoms with Crippen LogP contribution < -0.4 is 4.90 Å². The molecule has 0 N–H and O–H groups in total. The first-order chi connectivity index (χ1) is 34.5. The molecular formula is C68H45NO. The fourth-order valence-electron chi connectivity index (χ4n) is 13.0. The summed E-state index contributed by atoms with van der Waals surface area (Å²) in [7, 11) is 0. The number of hydrogen-bond donors (Lipinski definition) is 0. The molecule has 0 aliphatic heterocycles. The lowest BCUT2D eigenvalue weighted by molar-refractivity contribution is 0.660. The van der Waals surface area contributed by atoms with E-state index in [4.69, 9.17) is 4.42 Å². The molecule has 11 aromatic carbocycles. The van der Waals surface area contributed by atoms with Crippen molar-refractivity contribution in [2.24, 2.45) is 0 Å². The molecule has 3 aliphatic rings. The van der Waals surface area contributed by atoms with Gasteiger partial charge in [-0.3, -0.25) is 0 Å². The van der Waals surface area contributed by atoms with Gasteiger partial charge in [-0.25, -0.2) is 0 Å². The van der Waals surface area contributed by atoms with Crippen LogP contribution in [0.2, 0.25) is 0 Å². The molecule has 0 radical (unpaired) electrons. The van der Waals surface area contributed by atoms with E-state index in [1.54, 1.807) is 0 Å². The van der Waals surface area contributed by atoms with E-state index in [0.29, 0.717) is 0 Å². The summed E-state index contributed by atoms with van der Waals surface area (Å²) in [5.41, 5.74) is 25.0. The number of furan rings is 1. The van der Waals surface area contributed by atoms with Crippen molar-refractivity contribution < 1.29 is 4.42 Å². The highest BCUT2D eigenvalue weighted by Crippen LogP contribution is 2.63. The summed E-state index contributed by atoms with van der Waals surface area (Å²) >= 11 is 0. The standard InChI is InChI=1S/C68H45NO/c1-67(2)58-25-10-5-18-49(58)53-38-35-45(40-62(53)67)69(46-36-39-54-52-21-8-13-28-61(52)68(63(54)41-46)59-26-11-6-19-50(59)51-20-7-12-27-60(51)68)44-33-30-43(31-34-44)48-37-32-42-16-3-4-17-47(42)65(48)57-24-15-23-56-55-22-9-14-29-64(55)70-66(56)57/h3-41H,1-2H3. The van der Waals surface area contributed by atoms with Gasteiger partial charge in [0.25, 0.3) is 0 Å². The highest BCUT2D eigenvalue weighted by molar-refractivity contribution is 6.15. The average Bonchev–Trinajstić information content (AvgIpc) is 4.11. The first-order valence-corrected chi connectivity index (χ1v) is 24.5. The zero-order valence-electron chi connectivity index (χ0n) is 38.9. The number of para-hydroxylation sites is 2. The first kappa shape index (κ1) is 39.3. The van der Waals surface area contributed by atoms with Crippen LogP contribution in [0.5, 0.6) is 0 Å². The van der Waals surface area contributed by atoms with E-state index >= 15 is 0 Å². The minimum atomic E-state index is -0.457. The molecule has 1 heterocycles. The molecule has 1 spiro atoms. The maximum absolute atomic E-state index is 6.71. The van der Waals surface area contributed by atoms with Crippen LogP contribution in [0.1, 0.15) is 47.2 Å². The molecule has 0 bridgehead atoms. The predicted octanol–water partition coefficient (Wildman–Crippen LogP) is 18.2. The lowest BCUT2D eigenvalue weighted by Crippen LogP contribution is -2.26. The van der Waals surface area contributed by atoms with Crippen LogP contribution in [-0.2, 0) is 10.8 Å². The summed E-state index contributed by atoms with van der Waals surface area (Å²) < 4.78 is 6.71. The largest absolute Gasteiger partial charge is 0.455 e. The van der Waals surface area contributed by atoms with Crippen molar-refractivity contribution in [2.45, 2.75) is 24.7 Å². The highest BCUT2D eigenvalue weighted by Gasteiger charge is 2.51. The van der Waals surface area contributed by atoms with Gasteiger partial charge in [0.1, 0.15) is 11.2 Å². The Bertz CT molecular complexity index is 4100. The minimum Gasteiger partial charge on any atom is -0.455 e. The van der Waals surface area contributed by atoms with E-state index in [1.165, 1.54) is 83.1 Å². The summed E-state index contributed by atoms with van der Waals surface area (Å²) in [5.74, 6) is 0. The maximum atomic E-state index is 6.71. The molecule has 70 heavy (non-hydrogen) atoms. The van der Waals surface area contributed by atoms with E-state index in [1.807, 2.05) is 6.07 Å². The Labute approximate surface area is 407 Å². The van der Waals surface area contributed by atoms with Crippen LogP contribution in [0, 0.1) is 0 Å². The molecule has 0 fully saturated rings. The van der Waals surface area contributed by atoms with Crippen LogP contribution in [0.3, 0.4) is 0 Å². The molecular weight excluding hydrogens is 847 g/mol. The van der Waals surface area contributed by atoms with Gasteiger partial charge in [0.2, 0.25) is 0 Å².